The molecule has 0 aliphatic carbocycles. The first-order valence-corrected chi connectivity index (χ1v) is 19.2. The number of hydrogen-bond acceptors (Lipinski definition) is 9. The number of likely N-dealkylation sites (tertiary alicyclic amines) is 1. The molecule has 3 aliphatic heterocycles. The van der Waals surface area contributed by atoms with Crippen molar-refractivity contribution in [2.75, 3.05) is 56.2 Å². The largest absolute Gasteiger partial charge is 0.462 e. The number of ether oxygens (including phenoxy) is 1. The van der Waals surface area contributed by atoms with E-state index in [9.17, 15) is 18.4 Å². The first-order valence-electron chi connectivity index (χ1n) is 15.9. The lowest BCUT2D eigenvalue weighted by molar-refractivity contribution is -0.137. The van der Waals surface area contributed by atoms with Crippen LogP contribution in [0.4, 0.5) is 24.7 Å². The molecule has 46 heavy (non-hydrogen) atoms. The van der Waals surface area contributed by atoms with Crippen LogP contribution in [0, 0.1) is 11.3 Å². The molecule has 0 radical (unpaired) electrons. The predicted octanol–water partition coefficient (Wildman–Crippen LogP) is 5.88. The lowest BCUT2D eigenvalue weighted by Gasteiger charge is -2.38. The Morgan fingerprint density at radius 3 is 2.59 bits per heavy atom. The van der Waals surface area contributed by atoms with Crippen molar-refractivity contribution in [3.8, 4) is 12.1 Å². The molecular formula is C32H45ClF3N7O2Si. The average molecular weight is 680 g/mol. The van der Waals surface area contributed by atoms with Crippen molar-refractivity contribution < 1.29 is 22.3 Å². The molecule has 2 aromatic rings. The van der Waals surface area contributed by atoms with Crippen LogP contribution in [0.25, 0.3) is 0 Å². The summed E-state index contributed by atoms with van der Waals surface area (Å²) < 4.78 is 55.2. The summed E-state index contributed by atoms with van der Waals surface area (Å²) in [6.45, 7) is 14.9. The summed E-state index contributed by atoms with van der Waals surface area (Å²) in [5.41, 5.74) is 0.724. The third-order valence-corrected chi connectivity index (χ3v) is 14.7. The van der Waals surface area contributed by atoms with E-state index in [1.54, 1.807) is 11.0 Å². The van der Waals surface area contributed by atoms with E-state index in [1.165, 1.54) is 12.1 Å². The Balaban J connectivity index is 1.40. The van der Waals surface area contributed by atoms with Gasteiger partial charge >= 0.3 is 12.2 Å². The molecule has 9 nitrogen and oxygen atoms in total. The molecule has 5 rings (SSSR count). The number of benzene rings is 1. The third kappa shape index (κ3) is 7.57. The van der Waals surface area contributed by atoms with Crippen LogP contribution < -0.4 is 19.9 Å². The van der Waals surface area contributed by atoms with E-state index < -0.39 is 20.1 Å². The Kier molecular flexibility index (Phi) is 10.2. The van der Waals surface area contributed by atoms with Gasteiger partial charge in [-0.2, -0.15) is 28.4 Å². The second kappa shape index (κ2) is 13.5. The van der Waals surface area contributed by atoms with E-state index in [0.717, 1.165) is 24.3 Å². The number of hydrogen-bond donors (Lipinski definition) is 1. The fourth-order valence-corrected chi connectivity index (χ4v) is 7.95. The van der Waals surface area contributed by atoms with E-state index in [0.29, 0.717) is 51.3 Å². The highest BCUT2D eigenvalue weighted by molar-refractivity contribution is 6.74. The van der Waals surface area contributed by atoms with Crippen LogP contribution in [0.2, 0.25) is 23.2 Å². The Morgan fingerprint density at radius 1 is 1.13 bits per heavy atom. The van der Waals surface area contributed by atoms with Gasteiger partial charge in [-0.15, -0.1) is 0 Å². The molecule has 2 fully saturated rings. The van der Waals surface area contributed by atoms with Gasteiger partial charge in [-0.25, -0.2) is 0 Å². The van der Waals surface area contributed by atoms with Crippen LogP contribution in [-0.2, 0) is 23.6 Å². The highest BCUT2D eigenvalue weighted by atomic mass is 35.5. The van der Waals surface area contributed by atoms with Gasteiger partial charge in [-0.05, 0) is 50.2 Å². The summed E-state index contributed by atoms with van der Waals surface area (Å²) in [5, 5.41) is 12.5. The molecule has 1 N–H and O–H groups in total. The number of piperazine rings is 1. The molecule has 0 amide bonds. The number of nitrogens with one attached hydrogen (secondary N) is 1. The number of anilines is 2. The maximum atomic E-state index is 14.1. The molecule has 0 bridgehead atoms. The van der Waals surface area contributed by atoms with E-state index in [4.69, 9.17) is 30.7 Å². The number of likely N-dealkylation sites (N-methyl/N-ethyl adjacent to an activating group) is 1. The van der Waals surface area contributed by atoms with Gasteiger partial charge in [0.1, 0.15) is 12.4 Å². The zero-order valence-corrected chi connectivity index (χ0v) is 29.3. The van der Waals surface area contributed by atoms with Crippen molar-refractivity contribution in [2.45, 2.75) is 89.1 Å². The monoisotopic (exact) mass is 679 g/mol. The fourth-order valence-electron chi connectivity index (χ4n) is 6.32. The van der Waals surface area contributed by atoms with Crippen LogP contribution in [0.15, 0.2) is 18.2 Å². The summed E-state index contributed by atoms with van der Waals surface area (Å²) in [4.78, 5) is 15.8. The van der Waals surface area contributed by atoms with E-state index >= 15 is 0 Å². The molecule has 1 aromatic carbocycles. The SMILES string of the molecule is CN1CC(O[Si](C)(C)C(C)(C)C)C[C@H]1COc1nc2c(c(N3CCN[C@@H](CC#N)C3)n1)CCN(c1cccc(Cl)c1C(F)(F)F)C2. The summed E-state index contributed by atoms with van der Waals surface area (Å²) in [6.07, 6.45) is -2.83. The summed E-state index contributed by atoms with van der Waals surface area (Å²) in [6, 6.07) is 6.80. The molecule has 0 spiro atoms. The van der Waals surface area contributed by atoms with Crippen molar-refractivity contribution >= 4 is 31.4 Å². The molecule has 1 unspecified atom stereocenters. The molecular weight excluding hydrogens is 635 g/mol. The highest BCUT2D eigenvalue weighted by Crippen LogP contribution is 2.43. The van der Waals surface area contributed by atoms with Gasteiger partial charge in [-0.1, -0.05) is 38.4 Å². The minimum absolute atomic E-state index is 0.0143. The smallest absolute Gasteiger partial charge is 0.419 e. The minimum atomic E-state index is -4.60. The zero-order chi connectivity index (χ0) is 33.4. The standard InChI is InChI=1S/C32H45ClF3N7O2Si/c1-31(2,3)46(5,6)45-23-16-22(41(4)18-23)20-44-30-39-26-19-42(27-9-7-8-25(33)28(27)32(34,35)36)14-11-24(26)29(40-30)43-15-13-38-21(17-43)10-12-37/h7-9,21-23,38H,10-11,13-20H2,1-6H3/t21-,22-,23?/m0/s1. The Hall–Kier alpha value is -2.63. The van der Waals surface area contributed by atoms with Gasteiger partial charge in [0.2, 0.25) is 0 Å². The molecule has 3 atom stereocenters. The van der Waals surface area contributed by atoms with Crippen LogP contribution in [-0.4, -0.2) is 87.8 Å². The van der Waals surface area contributed by atoms with Crippen molar-refractivity contribution in [1.82, 2.24) is 20.2 Å². The van der Waals surface area contributed by atoms with E-state index in [2.05, 4.69) is 62.1 Å². The van der Waals surface area contributed by atoms with Crippen molar-refractivity contribution in [1.29, 1.82) is 5.26 Å². The number of rotatable bonds is 8. The normalized spacial score (nSPS) is 22.9. The summed E-state index contributed by atoms with van der Waals surface area (Å²) in [5.74, 6) is 0.727. The number of aromatic nitrogens is 2. The number of nitrogens with zero attached hydrogens (tertiary/aromatic N) is 6. The fraction of sp³-hybridized carbons (Fsp3) is 0.656. The molecule has 14 heteroatoms. The second-order valence-corrected chi connectivity index (χ2v) is 19.3. The number of fused-ring (bicyclic) bond motifs is 1. The van der Waals surface area contributed by atoms with Crippen molar-refractivity contribution in [3.05, 3.63) is 40.0 Å². The van der Waals surface area contributed by atoms with Crippen molar-refractivity contribution in [2.24, 2.45) is 0 Å². The number of nitriles is 1. The second-order valence-electron chi connectivity index (χ2n) is 14.2. The first-order chi connectivity index (χ1) is 21.6. The van der Waals surface area contributed by atoms with Gasteiger partial charge in [0.25, 0.3) is 0 Å². The predicted molar refractivity (Wildman–Crippen MR) is 176 cm³/mol. The maximum Gasteiger partial charge on any atom is 0.419 e. The topological polar surface area (TPSA) is 89.8 Å². The van der Waals surface area contributed by atoms with Crippen molar-refractivity contribution in [3.63, 3.8) is 0 Å². The lowest BCUT2D eigenvalue weighted by Crippen LogP contribution is -2.51. The summed E-state index contributed by atoms with van der Waals surface area (Å²) >= 11 is 6.07. The Labute approximate surface area is 276 Å². The Morgan fingerprint density at radius 2 is 1.89 bits per heavy atom. The molecule has 1 aromatic heterocycles. The third-order valence-electron chi connectivity index (χ3n) is 9.85. The lowest BCUT2D eigenvalue weighted by atomic mass is 10.0. The summed E-state index contributed by atoms with van der Waals surface area (Å²) in [7, 11) is 0.137. The quantitative estimate of drug-likeness (QED) is 0.344. The van der Waals surface area contributed by atoms with Crippen LogP contribution >= 0.6 is 11.6 Å². The van der Waals surface area contributed by atoms with E-state index in [1.807, 2.05) is 0 Å². The molecule has 252 valence electrons. The van der Waals surface area contributed by atoms with E-state index in [-0.39, 0.29) is 46.5 Å². The zero-order valence-electron chi connectivity index (χ0n) is 27.5. The maximum absolute atomic E-state index is 14.1. The van der Waals surface area contributed by atoms with Gasteiger partial charge in [-0.3, -0.25) is 4.90 Å². The van der Waals surface area contributed by atoms with Gasteiger partial charge in [0.15, 0.2) is 8.32 Å². The van der Waals surface area contributed by atoms with Crippen LogP contribution in [0.1, 0.15) is 50.4 Å². The first kappa shape index (κ1) is 34.7. The highest BCUT2D eigenvalue weighted by Gasteiger charge is 2.42. The minimum Gasteiger partial charge on any atom is -0.462 e. The average Bonchev–Trinajstić information content (AvgIpc) is 3.32. The number of halogens is 4. The van der Waals surface area contributed by atoms with Gasteiger partial charge < -0.3 is 24.3 Å². The number of alkyl halides is 3. The van der Waals surface area contributed by atoms with Gasteiger partial charge in [0.05, 0.1) is 47.1 Å². The van der Waals surface area contributed by atoms with Crippen LogP contribution in [0.5, 0.6) is 6.01 Å². The van der Waals surface area contributed by atoms with Gasteiger partial charge in [0, 0.05) is 50.4 Å². The molecule has 2 saturated heterocycles. The Bertz CT molecular complexity index is 1450. The van der Waals surface area contributed by atoms with Crippen LogP contribution in [0.3, 0.4) is 0 Å². The molecule has 0 saturated carbocycles. The molecule has 4 heterocycles. The molecule has 3 aliphatic rings.